The molecular weight excluding hydrogens is 486 g/mol. The molecular formula is C25H34ClN3O5Si. The Balaban J connectivity index is 2.00. The Bertz CT molecular complexity index is 1140. The molecule has 1 aliphatic heterocycles. The number of ether oxygens (including phenoxy) is 2. The first kappa shape index (κ1) is 26.9. The van der Waals surface area contributed by atoms with Crippen LogP contribution >= 0.6 is 11.6 Å². The normalized spacial score (nSPS) is 20.7. The molecule has 0 aliphatic carbocycles. The highest BCUT2D eigenvalue weighted by atomic mass is 35.5. The number of nitrogens with zero attached hydrogens (tertiary/aromatic N) is 3. The molecule has 0 bridgehead atoms. The Morgan fingerprint density at radius 3 is 2.57 bits per heavy atom. The summed E-state index contributed by atoms with van der Waals surface area (Å²) in [5, 5.41) is 11.0. The molecule has 2 heterocycles. The van der Waals surface area contributed by atoms with Crippen LogP contribution in [0.1, 0.15) is 39.2 Å². The molecule has 8 nitrogen and oxygen atoms in total. The van der Waals surface area contributed by atoms with Crippen LogP contribution in [0.25, 0.3) is 17.0 Å². The van der Waals surface area contributed by atoms with Crippen LogP contribution in [0.5, 0.6) is 5.88 Å². The summed E-state index contributed by atoms with van der Waals surface area (Å²) in [5.74, 6) is -0.823. The minimum atomic E-state index is -1.61. The Labute approximate surface area is 212 Å². The lowest BCUT2D eigenvalue weighted by atomic mass is 9.92. The van der Waals surface area contributed by atoms with E-state index in [4.69, 9.17) is 21.1 Å². The summed E-state index contributed by atoms with van der Waals surface area (Å²) < 4.78 is 11.8. The largest absolute Gasteiger partial charge is 0.479 e. The Hall–Kier alpha value is -2.65. The monoisotopic (exact) mass is 519 g/mol. The third-order valence-corrected chi connectivity index (χ3v) is 7.86. The Morgan fingerprint density at radius 2 is 2.00 bits per heavy atom. The van der Waals surface area contributed by atoms with Crippen molar-refractivity contribution in [2.24, 2.45) is 0 Å². The molecule has 0 radical (unpaired) electrons. The second-order valence-corrected chi connectivity index (χ2v) is 17.2. The van der Waals surface area contributed by atoms with Crippen molar-refractivity contribution in [1.29, 1.82) is 0 Å². The lowest BCUT2D eigenvalue weighted by Crippen LogP contribution is -2.54. The minimum absolute atomic E-state index is 0.0177. The molecule has 0 spiro atoms. The van der Waals surface area contributed by atoms with Gasteiger partial charge in [-0.3, -0.25) is 4.90 Å². The topological polar surface area (TPSA) is 102 Å². The number of hydrogen-bond acceptors (Lipinski definition) is 6. The molecule has 2 atom stereocenters. The number of hydrogen-bond donors (Lipinski definition) is 1. The van der Waals surface area contributed by atoms with Gasteiger partial charge in [-0.05, 0) is 56.5 Å². The van der Waals surface area contributed by atoms with Crippen LogP contribution in [0.2, 0.25) is 31.0 Å². The molecule has 10 heteroatoms. The highest BCUT2D eigenvalue weighted by Crippen LogP contribution is 2.39. The summed E-state index contributed by atoms with van der Waals surface area (Å²) in [6, 6.07) is 6.22. The molecule has 190 valence electrons. The third-order valence-electron chi connectivity index (χ3n) is 5.94. The molecule has 1 fully saturated rings. The van der Waals surface area contributed by atoms with Gasteiger partial charge in [0.1, 0.15) is 17.2 Å². The van der Waals surface area contributed by atoms with Crippen LogP contribution in [0.3, 0.4) is 0 Å². The van der Waals surface area contributed by atoms with Gasteiger partial charge in [-0.15, -0.1) is 0 Å². The fraction of sp³-hybridized carbons (Fsp3) is 0.520. The second-order valence-electron chi connectivity index (χ2n) is 11.2. The zero-order valence-electron chi connectivity index (χ0n) is 21.2. The van der Waals surface area contributed by atoms with Gasteiger partial charge in [0.15, 0.2) is 0 Å². The van der Waals surface area contributed by atoms with Crippen LogP contribution < -0.4 is 4.74 Å². The van der Waals surface area contributed by atoms with Crippen molar-refractivity contribution in [1.82, 2.24) is 14.9 Å². The maximum Gasteiger partial charge on any atom is 0.411 e. The van der Waals surface area contributed by atoms with Crippen LogP contribution in [0, 0.1) is 0 Å². The highest BCUT2D eigenvalue weighted by molar-refractivity contribution is 6.76. The average Bonchev–Trinajstić information content (AvgIpc) is 3.10. The van der Waals surface area contributed by atoms with Crippen molar-refractivity contribution in [3.63, 3.8) is 0 Å². The molecule has 2 aromatic rings. The molecule has 1 aromatic heterocycles. The summed E-state index contributed by atoms with van der Waals surface area (Å²) in [6.45, 7) is 15.6. The SMILES string of the molecule is C=Cc1ccc2nc(Cl)nc(O[C@@H]3CN(C(=O)OC(C)(C)C)[C@@](CC[Si](C)(C)C)(C(=O)O)C3)c2c1. The van der Waals surface area contributed by atoms with Crippen molar-refractivity contribution in [2.75, 3.05) is 6.54 Å². The number of carboxylic acid groups (broad SMARTS) is 1. The number of carbonyl (C=O) groups is 2. The van der Waals surface area contributed by atoms with Crippen LogP contribution in [-0.2, 0) is 9.53 Å². The van der Waals surface area contributed by atoms with Gasteiger partial charge >= 0.3 is 12.1 Å². The van der Waals surface area contributed by atoms with Crippen molar-refractivity contribution in [3.05, 3.63) is 35.6 Å². The number of benzene rings is 1. The van der Waals surface area contributed by atoms with E-state index in [0.29, 0.717) is 17.3 Å². The van der Waals surface area contributed by atoms with E-state index in [1.165, 1.54) is 4.90 Å². The smallest absolute Gasteiger partial charge is 0.411 e. The first-order chi connectivity index (χ1) is 16.1. The lowest BCUT2D eigenvalue weighted by molar-refractivity contribution is -0.149. The van der Waals surface area contributed by atoms with Gasteiger partial charge in [0.25, 0.3) is 0 Å². The maximum absolute atomic E-state index is 13.2. The van der Waals surface area contributed by atoms with Crippen molar-refractivity contribution >= 4 is 48.7 Å². The van der Waals surface area contributed by atoms with Gasteiger partial charge in [0, 0.05) is 14.5 Å². The number of fused-ring (bicyclic) bond motifs is 1. The second kappa shape index (κ2) is 9.77. The molecule has 1 aliphatic rings. The predicted molar refractivity (Wildman–Crippen MR) is 140 cm³/mol. The van der Waals surface area contributed by atoms with E-state index in [1.54, 1.807) is 32.9 Å². The first-order valence-electron chi connectivity index (χ1n) is 11.6. The molecule has 1 saturated heterocycles. The van der Waals surface area contributed by atoms with E-state index in [0.717, 1.165) is 11.6 Å². The van der Waals surface area contributed by atoms with Crippen LogP contribution in [-0.4, -0.2) is 63.9 Å². The van der Waals surface area contributed by atoms with E-state index < -0.39 is 37.4 Å². The van der Waals surface area contributed by atoms with Gasteiger partial charge in [-0.1, -0.05) is 44.4 Å². The molecule has 1 aromatic carbocycles. The quantitative estimate of drug-likeness (QED) is 0.360. The Morgan fingerprint density at radius 1 is 1.31 bits per heavy atom. The van der Waals surface area contributed by atoms with Gasteiger partial charge in [0.05, 0.1) is 17.4 Å². The van der Waals surface area contributed by atoms with Crippen molar-refractivity contribution in [3.8, 4) is 5.88 Å². The van der Waals surface area contributed by atoms with Crippen LogP contribution in [0.4, 0.5) is 4.79 Å². The number of amides is 1. The van der Waals surface area contributed by atoms with Gasteiger partial charge in [0.2, 0.25) is 11.2 Å². The van der Waals surface area contributed by atoms with Gasteiger partial charge in [-0.2, -0.15) is 4.98 Å². The molecule has 0 unspecified atom stereocenters. The number of rotatable bonds is 7. The fourth-order valence-electron chi connectivity index (χ4n) is 4.17. The van der Waals surface area contributed by atoms with Crippen molar-refractivity contribution in [2.45, 2.75) is 76.5 Å². The number of halogens is 1. The average molecular weight is 520 g/mol. The number of carbonyl (C=O) groups excluding carboxylic acids is 1. The zero-order valence-corrected chi connectivity index (χ0v) is 23.0. The van der Waals surface area contributed by atoms with E-state index in [9.17, 15) is 14.7 Å². The number of carboxylic acids is 1. The van der Waals surface area contributed by atoms with Crippen molar-refractivity contribution < 1.29 is 24.2 Å². The highest BCUT2D eigenvalue weighted by Gasteiger charge is 2.55. The summed E-state index contributed by atoms with van der Waals surface area (Å²) >= 11 is 6.14. The number of aliphatic carboxylic acids is 1. The predicted octanol–water partition coefficient (Wildman–Crippen LogP) is 5.87. The third kappa shape index (κ3) is 6.32. The van der Waals surface area contributed by atoms with E-state index >= 15 is 0 Å². The van der Waals surface area contributed by atoms with Gasteiger partial charge in [-0.25, -0.2) is 14.6 Å². The molecule has 1 N–H and O–H groups in total. The number of likely N-dealkylation sites (tertiary alicyclic amines) is 1. The van der Waals surface area contributed by atoms with Gasteiger partial charge < -0.3 is 14.6 Å². The summed E-state index contributed by atoms with van der Waals surface area (Å²) in [5.41, 5.74) is -0.760. The number of aromatic nitrogens is 2. The summed E-state index contributed by atoms with van der Waals surface area (Å²) in [4.78, 5) is 35.8. The van der Waals surface area contributed by atoms with E-state index in [-0.39, 0.29) is 24.1 Å². The molecule has 0 saturated carbocycles. The van der Waals surface area contributed by atoms with Crippen LogP contribution in [0.15, 0.2) is 24.8 Å². The minimum Gasteiger partial charge on any atom is -0.479 e. The lowest BCUT2D eigenvalue weighted by Gasteiger charge is -2.36. The maximum atomic E-state index is 13.2. The first-order valence-corrected chi connectivity index (χ1v) is 15.7. The zero-order chi connectivity index (χ0) is 26.2. The Kier molecular flexibility index (Phi) is 7.52. The summed E-state index contributed by atoms with van der Waals surface area (Å²) in [6.07, 6.45) is 0.839. The fourth-order valence-corrected chi connectivity index (χ4v) is 5.50. The van der Waals surface area contributed by atoms with E-state index in [2.05, 4.69) is 36.2 Å². The molecule has 1 amide bonds. The molecule has 3 rings (SSSR count). The van der Waals surface area contributed by atoms with E-state index in [1.807, 2.05) is 12.1 Å². The summed E-state index contributed by atoms with van der Waals surface area (Å²) in [7, 11) is -1.61. The standard InChI is InChI=1S/C25H34ClN3O5Si/c1-8-16-9-10-19-18(13-16)20(28-22(26)27-19)33-17-14-25(21(30)31,11-12-35(5,6)7)29(15-17)23(32)34-24(2,3)4/h8-10,13,17H,1,11-12,14-15H2,2-7H3,(H,30,31)/t17-,25+/m0/s1. The molecule has 35 heavy (non-hydrogen) atoms.